The van der Waals surface area contributed by atoms with Crippen LogP contribution in [0.4, 0.5) is 0 Å². The van der Waals surface area contributed by atoms with Crippen molar-refractivity contribution in [2.45, 2.75) is 31.7 Å². The van der Waals surface area contributed by atoms with Crippen molar-refractivity contribution in [3.63, 3.8) is 0 Å². The Hall–Kier alpha value is 0.170. The van der Waals surface area contributed by atoms with Crippen LogP contribution in [-0.4, -0.2) is 37.5 Å². The maximum atomic E-state index is 9.11. The Kier molecular flexibility index (Phi) is 4.64. The molecule has 14 heavy (non-hydrogen) atoms. The fraction of sp³-hybridized carbons (Fsp3) is 1.00. The number of rotatable bonds is 1. The third-order valence-corrected chi connectivity index (χ3v) is 3.54. The summed E-state index contributed by atoms with van der Waals surface area (Å²) in [6, 6.07) is 0.326. The minimum atomic E-state index is 0. The van der Waals surface area contributed by atoms with Gasteiger partial charge in [0.1, 0.15) is 0 Å². The summed E-state index contributed by atoms with van der Waals surface area (Å²) < 4.78 is 5.38. The van der Waals surface area contributed by atoms with E-state index in [9.17, 15) is 0 Å². The van der Waals surface area contributed by atoms with Gasteiger partial charge in [0.25, 0.3) is 0 Å². The normalized spacial score (nSPS) is 31.1. The first-order valence-electron chi connectivity index (χ1n) is 5.27. The molecule has 1 spiro atoms. The van der Waals surface area contributed by atoms with Gasteiger partial charge in [0.2, 0.25) is 0 Å². The fourth-order valence-electron chi connectivity index (χ4n) is 2.63. The van der Waals surface area contributed by atoms with Gasteiger partial charge in [-0.05, 0) is 37.6 Å². The van der Waals surface area contributed by atoms with Crippen LogP contribution in [0.2, 0.25) is 0 Å². The van der Waals surface area contributed by atoms with Gasteiger partial charge >= 0.3 is 0 Å². The smallest absolute Gasteiger partial charge is 0.0584 e. The molecular formula is C10H20ClNO2. The van der Waals surface area contributed by atoms with E-state index in [-0.39, 0.29) is 19.0 Å². The molecule has 0 aliphatic carbocycles. The van der Waals surface area contributed by atoms with Gasteiger partial charge in [-0.3, -0.25) is 0 Å². The van der Waals surface area contributed by atoms with Gasteiger partial charge in [0, 0.05) is 19.3 Å². The first-order chi connectivity index (χ1) is 6.35. The summed E-state index contributed by atoms with van der Waals surface area (Å²) >= 11 is 0. The molecule has 0 aromatic heterocycles. The van der Waals surface area contributed by atoms with Crippen LogP contribution < -0.4 is 5.32 Å². The van der Waals surface area contributed by atoms with Crippen LogP contribution in [0.25, 0.3) is 0 Å². The van der Waals surface area contributed by atoms with E-state index >= 15 is 0 Å². The van der Waals surface area contributed by atoms with Crippen LogP contribution in [0.3, 0.4) is 0 Å². The Morgan fingerprint density at radius 3 is 2.64 bits per heavy atom. The maximum absolute atomic E-state index is 9.11. The number of piperidine rings is 1. The van der Waals surface area contributed by atoms with E-state index < -0.39 is 0 Å². The standard InChI is InChI=1S/C10H19NO2.ClH/c12-8-9-7-10(1-4-11-9)2-5-13-6-3-10;/h9,11-12H,1-8H2;1H. The highest BCUT2D eigenvalue weighted by Crippen LogP contribution is 2.40. The molecule has 2 N–H and O–H groups in total. The number of halogens is 1. The minimum absolute atomic E-state index is 0. The number of hydrogen-bond donors (Lipinski definition) is 2. The van der Waals surface area contributed by atoms with Gasteiger partial charge in [-0.2, -0.15) is 0 Å². The van der Waals surface area contributed by atoms with Crippen molar-refractivity contribution in [3.8, 4) is 0 Å². The second-order valence-electron chi connectivity index (χ2n) is 4.40. The Balaban J connectivity index is 0.000000980. The van der Waals surface area contributed by atoms with E-state index in [0.717, 1.165) is 26.2 Å². The Morgan fingerprint density at radius 1 is 1.29 bits per heavy atom. The van der Waals surface area contributed by atoms with E-state index in [1.165, 1.54) is 19.3 Å². The van der Waals surface area contributed by atoms with Crippen molar-refractivity contribution < 1.29 is 9.84 Å². The SMILES string of the molecule is Cl.OCC1CC2(CCN1)CCOCC2. The monoisotopic (exact) mass is 221 g/mol. The molecule has 2 fully saturated rings. The molecule has 2 saturated heterocycles. The highest BCUT2D eigenvalue weighted by atomic mass is 35.5. The highest BCUT2D eigenvalue weighted by molar-refractivity contribution is 5.85. The molecule has 0 amide bonds. The molecule has 2 aliphatic heterocycles. The molecule has 0 bridgehead atoms. The zero-order valence-electron chi connectivity index (χ0n) is 8.50. The molecule has 84 valence electrons. The summed E-state index contributed by atoms with van der Waals surface area (Å²) in [5.74, 6) is 0. The molecular weight excluding hydrogens is 202 g/mol. The number of aliphatic hydroxyl groups is 1. The van der Waals surface area contributed by atoms with Gasteiger partial charge in [-0.1, -0.05) is 0 Å². The van der Waals surface area contributed by atoms with Gasteiger partial charge in [-0.15, -0.1) is 12.4 Å². The van der Waals surface area contributed by atoms with Crippen LogP contribution in [0.15, 0.2) is 0 Å². The van der Waals surface area contributed by atoms with Crippen molar-refractivity contribution in [2.24, 2.45) is 5.41 Å². The Labute approximate surface area is 91.6 Å². The van der Waals surface area contributed by atoms with Crippen molar-refractivity contribution in [1.82, 2.24) is 5.32 Å². The van der Waals surface area contributed by atoms with Gasteiger partial charge in [-0.25, -0.2) is 0 Å². The minimum Gasteiger partial charge on any atom is -0.395 e. The lowest BCUT2D eigenvalue weighted by atomic mass is 9.71. The van der Waals surface area contributed by atoms with Gasteiger partial charge < -0.3 is 15.2 Å². The molecule has 4 heteroatoms. The highest BCUT2D eigenvalue weighted by Gasteiger charge is 2.37. The average molecular weight is 222 g/mol. The third-order valence-electron chi connectivity index (χ3n) is 3.54. The summed E-state index contributed by atoms with van der Waals surface area (Å²) in [5, 5.41) is 12.5. The summed E-state index contributed by atoms with van der Waals surface area (Å²) in [4.78, 5) is 0. The van der Waals surface area contributed by atoms with Crippen LogP contribution in [-0.2, 0) is 4.74 Å². The lowest BCUT2D eigenvalue weighted by Crippen LogP contribution is -2.47. The first-order valence-corrected chi connectivity index (χ1v) is 5.27. The summed E-state index contributed by atoms with van der Waals surface area (Å²) in [6.07, 6.45) is 4.76. The van der Waals surface area contributed by atoms with Crippen LogP contribution in [0.1, 0.15) is 25.7 Å². The maximum Gasteiger partial charge on any atom is 0.0584 e. The van der Waals surface area contributed by atoms with E-state index in [0.29, 0.717) is 11.5 Å². The molecule has 0 aromatic carbocycles. The van der Waals surface area contributed by atoms with Crippen molar-refractivity contribution in [1.29, 1.82) is 0 Å². The van der Waals surface area contributed by atoms with E-state index in [2.05, 4.69) is 5.32 Å². The molecule has 2 rings (SSSR count). The molecule has 1 unspecified atom stereocenters. The van der Waals surface area contributed by atoms with E-state index in [1.807, 2.05) is 0 Å². The first kappa shape index (κ1) is 12.2. The fourth-order valence-corrected chi connectivity index (χ4v) is 2.63. The summed E-state index contributed by atoms with van der Waals surface area (Å²) in [6.45, 7) is 3.17. The van der Waals surface area contributed by atoms with Crippen LogP contribution >= 0.6 is 12.4 Å². The van der Waals surface area contributed by atoms with Crippen molar-refractivity contribution in [2.75, 3.05) is 26.4 Å². The zero-order valence-corrected chi connectivity index (χ0v) is 9.31. The predicted octanol–water partition coefficient (Wildman–Crippen LogP) is 0.949. The molecule has 0 saturated carbocycles. The quantitative estimate of drug-likeness (QED) is 0.693. The number of aliphatic hydroxyl groups excluding tert-OH is 1. The van der Waals surface area contributed by atoms with Crippen molar-refractivity contribution >= 4 is 12.4 Å². The molecule has 0 radical (unpaired) electrons. The number of ether oxygens (including phenoxy) is 1. The topological polar surface area (TPSA) is 41.5 Å². The number of nitrogens with one attached hydrogen (secondary N) is 1. The van der Waals surface area contributed by atoms with E-state index in [4.69, 9.17) is 9.84 Å². The van der Waals surface area contributed by atoms with Gasteiger partial charge in [0.05, 0.1) is 6.61 Å². The zero-order chi connectivity index (χ0) is 9.15. The third kappa shape index (κ3) is 2.60. The van der Waals surface area contributed by atoms with E-state index in [1.54, 1.807) is 0 Å². The Bertz CT molecular complexity index is 166. The molecule has 2 heterocycles. The van der Waals surface area contributed by atoms with Crippen LogP contribution in [0, 0.1) is 5.41 Å². The summed E-state index contributed by atoms with van der Waals surface area (Å²) in [5.41, 5.74) is 0.483. The lowest BCUT2D eigenvalue weighted by molar-refractivity contribution is -0.0145. The lowest BCUT2D eigenvalue weighted by Gasteiger charge is -2.43. The van der Waals surface area contributed by atoms with Gasteiger partial charge in [0.15, 0.2) is 0 Å². The van der Waals surface area contributed by atoms with Crippen molar-refractivity contribution in [3.05, 3.63) is 0 Å². The molecule has 1 atom stereocenters. The predicted molar refractivity (Wildman–Crippen MR) is 57.8 cm³/mol. The second kappa shape index (κ2) is 5.31. The average Bonchev–Trinajstić information content (AvgIpc) is 2.19. The number of hydrogen-bond acceptors (Lipinski definition) is 3. The Morgan fingerprint density at radius 2 is 2.00 bits per heavy atom. The molecule has 3 nitrogen and oxygen atoms in total. The molecule has 0 aromatic rings. The summed E-state index contributed by atoms with van der Waals surface area (Å²) in [7, 11) is 0. The largest absolute Gasteiger partial charge is 0.395 e. The molecule has 2 aliphatic rings. The second-order valence-corrected chi connectivity index (χ2v) is 4.40. The van der Waals surface area contributed by atoms with Crippen LogP contribution in [0.5, 0.6) is 0 Å².